The van der Waals surface area contributed by atoms with Crippen molar-refractivity contribution in [3.05, 3.63) is 0 Å². The number of halogens is 1. The van der Waals surface area contributed by atoms with Gasteiger partial charge in [-0.15, -0.1) is 11.6 Å². The number of nitrogens with one attached hydrogen (secondary N) is 1. The van der Waals surface area contributed by atoms with Gasteiger partial charge in [0.25, 0.3) is 0 Å². The van der Waals surface area contributed by atoms with E-state index >= 15 is 0 Å². The Kier molecular flexibility index (Phi) is 6.99. The van der Waals surface area contributed by atoms with Crippen molar-refractivity contribution in [1.82, 2.24) is 4.72 Å². The Labute approximate surface area is 122 Å². The molecular formula is C11H26ClNO4SSi. The minimum atomic E-state index is -3.56. The van der Waals surface area contributed by atoms with E-state index in [-0.39, 0.29) is 18.1 Å². The van der Waals surface area contributed by atoms with Gasteiger partial charge in [0.15, 0.2) is 13.0 Å². The van der Waals surface area contributed by atoms with Gasteiger partial charge in [-0.05, 0) is 25.2 Å². The molecule has 2 unspecified atom stereocenters. The second kappa shape index (κ2) is 6.86. The minimum Gasteiger partial charge on any atom is -0.414 e. The second-order valence-corrected chi connectivity index (χ2v) is 13.8. The van der Waals surface area contributed by atoms with E-state index < -0.39 is 29.2 Å². The number of rotatable bonds is 7. The summed E-state index contributed by atoms with van der Waals surface area (Å²) in [6, 6.07) is 0. The third-order valence-electron chi connectivity index (χ3n) is 3.52. The molecule has 0 aliphatic rings. The molecule has 0 fully saturated rings. The van der Waals surface area contributed by atoms with Crippen molar-refractivity contribution in [3.63, 3.8) is 0 Å². The van der Waals surface area contributed by atoms with Crippen LogP contribution in [0.15, 0.2) is 0 Å². The molecule has 0 aromatic rings. The quantitative estimate of drug-likeness (QED) is 0.551. The molecule has 0 amide bonds. The highest BCUT2D eigenvalue weighted by atomic mass is 35.5. The molecule has 0 bridgehead atoms. The fraction of sp³-hybridized carbons (Fsp3) is 1.00. The number of sulfonamides is 1. The number of hydrogen-bond donors (Lipinski definition) is 2. The van der Waals surface area contributed by atoms with Gasteiger partial charge < -0.3 is 9.53 Å². The van der Waals surface area contributed by atoms with Crippen LogP contribution in [0.25, 0.3) is 0 Å². The molecule has 0 rings (SSSR count). The summed E-state index contributed by atoms with van der Waals surface area (Å²) >= 11 is 5.75. The van der Waals surface area contributed by atoms with Gasteiger partial charge in [0, 0.05) is 6.42 Å². The van der Waals surface area contributed by atoms with E-state index in [1.807, 2.05) is 0 Å². The predicted octanol–water partition coefficient (Wildman–Crippen LogP) is 1.87. The molecule has 116 valence electrons. The van der Waals surface area contributed by atoms with E-state index in [0.717, 1.165) is 0 Å². The zero-order valence-corrected chi connectivity index (χ0v) is 15.1. The van der Waals surface area contributed by atoms with Gasteiger partial charge in [-0.2, -0.15) is 0 Å². The molecule has 2 N–H and O–H groups in total. The Balaban J connectivity index is 4.39. The lowest BCUT2D eigenvalue weighted by Gasteiger charge is -2.36. The van der Waals surface area contributed by atoms with Gasteiger partial charge in [-0.3, -0.25) is 0 Å². The van der Waals surface area contributed by atoms with Crippen LogP contribution in [-0.2, 0) is 14.4 Å². The first-order valence-corrected chi connectivity index (χ1v) is 11.1. The first kappa shape index (κ1) is 19.3. The van der Waals surface area contributed by atoms with Crippen LogP contribution in [0.2, 0.25) is 18.1 Å². The Morgan fingerprint density at radius 2 is 1.84 bits per heavy atom. The summed E-state index contributed by atoms with van der Waals surface area (Å²) in [4.78, 5) is 0. The van der Waals surface area contributed by atoms with Crippen LogP contribution >= 0.6 is 11.6 Å². The minimum absolute atomic E-state index is 0.0458. The lowest BCUT2D eigenvalue weighted by Crippen LogP contribution is -2.43. The van der Waals surface area contributed by atoms with Gasteiger partial charge in [-0.1, -0.05) is 20.8 Å². The van der Waals surface area contributed by atoms with Crippen molar-refractivity contribution in [2.45, 2.75) is 56.1 Å². The highest BCUT2D eigenvalue weighted by Crippen LogP contribution is 2.36. The van der Waals surface area contributed by atoms with Crippen LogP contribution in [0, 0.1) is 0 Å². The van der Waals surface area contributed by atoms with E-state index in [9.17, 15) is 13.5 Å². The lowest BCUT2D eigenvalue weighted by molar-refractivity contribution is 0.0956. The summed E-state index contributed by atoms with van der Waals surface area (Å²) in [7, 11) is -4.21. The van der Waals surface area contributed by atoms with Crippen molar-refractivity contribution in [3.8, 4) is 0 Å². The van der Waals surface area contributed by atoms with Gasteiger partial charge in [0.05, 0.1) is 12.7 Å². The Morgan fingerprint density at radius 3 is 2.21 bits per heavy atom. The standard InChI is InChI=1S/C11H26ClNO4SSi/c1-11(2,3)19(5,6)17-8-9(14)7-10(12)18(15,16)13-4/h9-10,13-14H,7-8H2,1-6H3. The zero-order chi connectivity index (χ0) is 15.5. The van der Waals surface area contributed by atoms with Crippen molar-refractivity contribution in [1.29, 1.82) is 0 Å². The summed E-state index contributed by atoms with van der Waals surface area (Å²) < 4.78 is 29.6. The molecule has 19 heavy (non-hydrogen) atoms. The predicted molar refractivity (Wildman–Crippen MR) is 81.4 cm³/mol. The highest BCUT2D eigenvalue weighted by Gasteiger charge is 2.37. The molecule has 8 heteroatoms. The summed E-state index contributed by atoms with van der Waals surface area (Å²) in [5.41, 5.74) is 0. The topological polar surface area (TPSA) is 75.6 Å². The van der Waals surface area contributed by atoms with Crippen LogP contribution < -0.4 is 4.72 Å². The van der Waals surface area contributed by atoms with E-state index in [0.29, 0.717) is 0 Å². The van der Waals surface area contributed by atoms with Crippen LogP contribution in [0.1, 0.15) is 27.2 Å². The van der Waals surface area contributed by atoms with Gasteiger partial charge in [0.1, 0.15) is 0 Å². The van der Waals surface area contributed by atoms with E-state index in [1.165, 1.54) is 7.05 Å². The first-order valence-electron chi connectivity index (χ1n) is 6.22. The van der Waals surface area contributed by atoms with E-state index in [1.54, 1.807) is 0 Å². The Bertz CT molecular complexity index is 381. The van der Waals surface area contributed by atoms with Crippen LogP contribution in [0.4, 0.5) is 0 Å². The molecule has 5 nitrogen and oxygen atoms in total. The summed E-state index contributed by atoms with van der Waals surface area (Å²) in [5, 5.41) is 9.87. The summed E-state index contributed by atoms with van der Waals surface area (Å²) in [6.07, 6.45) is -0.945. The van der Waals surface area contributed by atoms with Gasteiger partial charge in [-0.25, -0.2) is 13.1 Å². The molecule has 0 aliphatic heterocycles. The molecule has 0 aromatic carbocycles. The van der Waals surface area contributed by atoms with Crippen LogP contribution in [0.5, 0.6) is 0 Å². The Morgan fingerprint density at radius 1 is 1.37 bits per heavy atom. The largest absolute Gasteiger partial charge is 0.414 e. The van der Waals surface area contributed by atoms with Crippen molar-refractivity contribution in [2.24, 2.45) is 0 Å². The first-order chi connectivity index (χ1) is 8.33. The number of aliphatic hydroxyl groups is 1. The monoisotopic (exact) mass is 331 g/mol. The maximum absolute atomic E-state index is 11.4. The van der Waals surface area contributed by atoms with E-state index in [4.69, 9.17) is 16.0 Å². The molecule has 0 aromatic heterocycles. The zero-order valence-electron chi connectivity index (χ0n) is 12.5. The molecule has 0 spiro atoms. The molecule has 0 saturated heterocycles. The van der Waals surface area contributed by atoms with Crippen molar-refractivity contribution < 1.29 is 18.0 Å². The third kappa shape index (κ3) is 6.09. The molecule has 0 radical (unpaired) electrons. The van der Waals surface area contributed by atoms with E-state index in [2.05, 4.69) is 38.6 Å². The lowest BCUT2D eigenvalue weighted by atomic mass is 10.2. The third-order valence-corrected chi connectivity index (χ3v) is 10.3. The second-order valence-electron chi connectivity index (χ2n) is 6.12. The molecule has 0 saturated carbocycles. The summed E-state index contributed by atoms with van der Waals surface area (Å²) in [6.45, 7) is 10.5. The smallest absolute Gasteiger partial charge is 0.228 e. The Hall–Kier alpha value is 0.337. The normalized spacial score (nSPS) is 17.3. The maximum Gasteiger partial charge on any atom is 0.228 e. The van der Waals surface area contributed by atoms with Gasteiger partial charge in [0.2, 0.25) is 10.0 Å². The molecule has 0 aliphatic carbocycles. The molecular weight excluding hydrogens is 306 g/mol. The van der Waals surface area contributed by atoms with Crippen LogP contribution in [-0.4, -0.2) is 46.3 Å². The van der Waals surface area contributed by atoms with Crippen molar-refractivity contribution >= 4 is 29.9 Å². The number of alkyl halides is 1. The average Bonchev–Trinajstić information content (AvgIpc) is 2.24. The summed E-state index contributed by atoms with van der Waals surface area (Å²) in [5.74, 6) is 0. The number of hydrogen-bond acceptors (Lipinski definition) is 4. The van der Waals surface area contributed by atoms with Crippen molar-refractivity contribution in [2.75, 3.05) is 13.7 Å². The highest BCUT2D eigenvalue weighted by molar-refractivity contribution is 7.91. The number of aliphatic hydroxyl groups excluding tert-OH is 1. The molecule has 2 atom stereocenters. The SMILES string of the molecule is CNS(=O)(=O)C(Cl)CC(O)CO[Si](C)(C)C(C)(C)C. The molecule has 0 heterocycles. The average molecular weight is 332 g/mol. The van der Waals surface area contributed by atoms with Gasteiger partial charge >= 0.3 is 0 Å². The van der Waals surface area contributed by atoms with Crippen LogP contribution in [0.3, 0.4) is 0 Å². The fourth-order valence-corrected chi connectivity index (χ4v) is 3.30. The maximum atomic E-state index is 11.4. The fourth-order valence-electron chi connectivity index (χ4n) is 1.06.